The van der Waals surface area contributed by atoms with Crippen molar-refractivity contribution in [3.05, 3.63) is 54.2 Å². The predicted molar refractivity (Wildman–Crippen MR) is 105 cm³/mol. The van der Waals surface area contributed by atoms with E-state index in [4.69, 9.17) is 4.84 Å². The Morgan fingerprint density at radius 1 is 1.15 bits per heavy atom. The number of carbonyl (C=O) groups excluding carboxylic acids is 1. The molecule has 1 amide bonds. The SMILES string of the molecule is O=C(Nc1cccnc1N1CCSCC1)[C@@H]1CC(c2ccccc2)=NO1. The van der Waals surface area contributed by atoms with Crippen LogP contribution in [0.1, 0.15) is 12.0 Å². The molecule has 1 aromatic heterocycles. The van der Waals surface area contributed by atoms with Gasteiger partial charge in [0.05, 0.1) is 11.4 Å². The molecule has 0 spiro atoms. The van der Waals surface area contributed by atoms with Crippen molar-refractivity contribution in [3.63, 3.8) is 0 Å². The van der Waals surface area contributed by atoms with E-state index in [1.165, 1.54) is 0 Å². The number of aromatic nitrogens is 1. The Balaban J connectivity index is 1.43. The summed E-state index contributed by atoms with van der Waals surface area (Å²) < 4.78 is 0. The Hall–Kier alpha value is -2.54. The summed E-state index contributed by atoms with van der Waals surface area (Å²) in [6.07, 6.45) is 1.61. The minimum absolute atomic E-state index is 0.194. The van der Waals surface area contributed by atoms with E-state index >= 15 is 0 Å². The van der Waals surface area contributed by atoms with Crippen molar-refractivity contribution < 1.29 is 9.63 Å². The molecule has 2 aliphatic heterocycles. The Morgan fingerprint density at radius 3 is 2.77 bits per heavy atom. The Kier molecular flexibility index (Phi) is 5.06. The third-order valence-corrected chi connectivity index (χ3v) is 5.37. The number of hydrogen-bond acceptors (Lipinski definition) is 6. The van der Waals surface area contributed by atoms with E-state index in [9.17, 15) is 4.79 Å². The summed E-state index contributed by atoms with van der Waals surface area (Å²) in [6, 6.07) is 13.5. The Morgan fingerprint density at radius 2 is 1.96 bits per heavy atom. The molecule has 134 valence electrons. The van der Waals surface area contributed by atoms with Gasteiger partial charge in [0.2, 0.25) is 6.10 Å². The lowest BCUT2D eigenvalue weighted by molar-refractivity contribution is -0.125. The van der Waals surface area contributed by atoms with Gasteiger partial charge in [-0.25, -0.2) is 4.98 Å². The number of amides is 1. The van der Waals surface area contributed by atoms with Gasteiger partial charge in [-0.3, -0.25) is 4.79 Å². The molecule has 2 aromatic rings. The lowest BCUT2D eigenvalue weighted by atomic mass is 10.0. The van der Waals surface area contributed by atoms with E-state index in [2.05, 4.69) is 20.4 Å². The maximum atomic E-state index is 12.7. The summed E-state index contributed by atoms with van der Waals surface area (Å²) in [7, 11) is 0. The van der Waals surface area contributed by atoms with Crippen LogP contribution in [0.2, 0.25) is 0 Å². The van der Waals surface area contributed by atoms with Gasteiger partial charge in [-0.15, -0.1) is 0 Å². The van der Waals surface area contributed by atoms with E-state index in [0.717, 1.165) is 47.4 Å². The first-order valence-electron chi connectivity index (χ1n) is 8.68. The largest absolute Gasteiger partial charge is 0.382 e. The number of hydrogen-bond donors (Lipinski definition) is 1. The maximum absolute atomic E-state index is 12.7. The van der Waals surface area contributed by atoms with Gasteiger partial charge in [0.25, 0.3) is 5.91 Å². The summed E-state index contributed by atoms with van der Waals surface area (Å²) in [5.41, 5.74) is 2.50. The van der Waals surface area contributed by atoms with Crippen molar-refractivity contribution in [2.75, 3.05) is 34.8 Å². The quantitative estimate of drug-likeness (QED) is 0.899. The number of thioether (sulfide) groups is 1. The molecule has 3 heterocycles. The third-order valence-electron chi connectivity index (χ3n) is 4.42. The zero-order chi connectivity index (χ0) is 17.8. The van der Waals surface area contributed by atoms with Crippen molar-refractivity contribution in [1.29, 1.82) is 0 Å². The summed E-state index contributed by atoms with van der Waals surface area (Å²) in [4.78, 5) is 24.7. The average Bonchev–Trinajstić information content (AvgIpc) is 3.20. The number of anilines is 2. The first kappa shape index (κ1) is 16.9. The average molecular weight is 368 g/mol. The van der Waals surface area contributed by atoms with Crippen molar-refractivity contribution in [1.82, 2.24) is 4.98 Å². The fourth-order valence-electron chi connectivity index (χ4n) is 3.05. The molecule has 1 N–H and O–H groups in total. The number of benzene rings is 1. The monoisotopic (exact) mass is 368 g/mol. The van der Waals surface area contributed by atoms with Crippen LogP contribution >= 0.6 is 11.8 Å². The van der Waals surface area contributed by atoms with Gasteiger partial charge in [-0.2, -0.15) is 11.8 Å². The van der Waals surface area contributed by atoms with Crippen molar-refractivity contribution in [2.24, 2.45) is 5.16 Å². The smallest absolute Gasteiger partial charge is 0.268 e. The van der Waals surface area contributed by atoms with Gasteiger partial charge in [0.15, 0.2) is 5.82 Å². The van der Waals surface area contributed by atoms with Crippen LogP contribution in [0.3, 0.4) is 0 Å². The topological polar surface area (TPSA) is 66.8 Å². The predicted octanol–water partition coefficient (Wildman–Crippen LogP) is 2.77. The minimum Gasteiger partial charge on any atom is -0.382 e. The Bertz CT molecular complexity index is 806. The first-order valence-corrected chi connectivity index (χ1v) is 9.83. The van der Waals surface area contributed by atoms with Gasteiger partial charge in [0, 0.05) is 37.2 Å². The number of nitrogens with zero attached hydrogens (tertiary/aromatic N) is 3. The van der Waals surface area contributed by atoms with E-state index < -0.39 is 6.10 Å². The minimum atomic E-state index is -0.616. The fraction of sp³-hybridized carbons (Fsp3) is 0.316. The number of carbonyl (C=O) groups is 1. The van der Waals surface area contributed by atoms with Gasteiger partial charge < -0.3 is 15.1 Å². The molecular weight excluding hydrogens is 348 g/mol. The molecule has 7 heteroatoms. The van der Waals surface area contributed by atoms with Gasteiger partial charge >= 0.3 is 0 Å². The highest BCUT2D eigenvalue weighted by Gasteiger charge is 2.29. The van der Waals surface area contributed by atoms with Crippen LogP contribution in [0.4, 0.5) is 11.5 Å². The Labute approximate surface area is 156 Å². The van der Waals surface area contributed by atoms with Gasteiger partial charge in [-0.05, 0) is 17.7 Å². The molecule has 0 radical (unpaired) electrons. The number of nitrogens with one attached hydrogen (secondary N) is 1. The van der Waals surface area contributed by atoms with E-state index in [1.54, 1.807) is 6.20 Å². The molecule has 0 bridgehead atoms. The van der Waals surface area contributed by atoms with Crippen LogP contribution in [0.15, 0.2) is 53.8 Å². The van der Waals surface area contributed by atoms with Crippen LogP contribution in [0.25, 0.3) is 0 Å². The molecule has 1 saturated heterocycles. The van der Waals surface area contributed by atoms with Crippen molar-refractivity contribution in [2.45, 2.75) is 12.5 Å². The fourth-order valence-corrected chi connectivity index (χ4v) is 3.96. The second-order valence-corrected chi connectivity index (χ2v) is 7.39. The zero-order valence-electron chi connectivity index (χ0n) is 14.3. The normalized spacial score (nSPS) is 19.6. The second-order valence-electron chi connectivity index (χ2n) is 6.17. The summed E-state index contributed by atoms with van der Waals surface area (Å²) >= 11 is 1.94. The summed E-state index contributed by atoms with van der Waals surface area (Å²) in [5.74, 6) is 2.78. The van der Waals surface area contributed by atoms with Crippen LogP contribution in [-0.2, 0) is 9.63 Å². The number of rotatable bonds is 4. The lowest BCUT2D eigenvalue weighted by Crippen LogP contribution is -2.35. The molecule has 1 fully saturated rings. The number of pyridine rings is 1. The van der Waals surface area contributed by atoms with E-state index in [-0.39, 0.29) is 5.91 Å². The van der Waals surface area contributed by atoms with Crippen LogP contribution in [0, 0.1) is 0 Å². The maximum Gasteiger partial charge on any atom is 0.268 e. The lowest BCUT2D eigenvalue weighted by Gasteiger charge is -2.29. The third kappa shape index (κ3) is 3.67. The highest BCUT2D eigenvalue weighted by atomic mass is 32.2. The standard InChI is InChI=1S/C19H20N4O2S/c24-19(17-13-16(22-25-17)14-5-2-1-3-6-14)21-15-7-4-8-20-18(15)23-9-11-26-12-10-23/h1-8,17H,9-13H2,(H,21,24)/t17-/m0/s1. The molecule has 0 saturated carbocycles. The van der Waals surface area contributed by atoms with Crippen molar-refractivity contribution >= 4 is 34.9 Å². The molecule has 26 heavy (non-hydrogen) atoms. The van der Waals surface area contributed by atoms with Crippen molar-refractivity contribution in [3.8, 4) is 0 Å². The first-order chi connectivity index (χ1) is 12.8. The summed E-state index contributed by atoms with van der Waals surface area (Å²) in [5, 5.41) is 7.06. The molecule has 1 atom stereocenters. The van der Waals surface area contributed by atoms with E-state index in [0.29, 0.717) is 6.42 Å². The van der Waals surface area contributed by atoms with Crippen LogP contribution < -0.4 is 10.2 Å². The zero-order valence-corrected chi connectivity index (χ0v) is 15.1. The second kappa shape index (κ2) is 7.78. The molecule has 2 aliphatic rings. The summed E-state index contributed by atoms with van der Waals surface area (Å²) in [6.45, 7) is 1.87. The van der Waals surface area contributed by atoms with Gasteiger partial charge in [-0.1, -0.05) is 35.5 Å². The van der Waals surface area contributed by atoms with Gasteiger partial charge in [0.1, 0.15) is 0 Å². The molecule has 0 unspecified atom stereocenters. The van der Waals surface area contributed by atoms with E-state index in [1.807, 2.05) is 54.2 Å². The molecule has 4 rings (SSSR count). The molecule has 6 nitrogen and oxygen atoms in total. The molecule has 1 aromatic carbocycles. The van der Waals surface area contributed by atoms with Crippen LogP contribution in [-0.4, -0.2) is 47.3 Å². The highest BCUT2D eigenvalue weighted by molar-refractivity contribution is 7.99. The number of oxime groups is 1. The molecule has 0 aliphatic carbocycles. The highest BCUT2D eigenvalue weighted by Crippen LogP contribution is 2.26. The van der Waals surface area contributed by atoms with Crippen LogP contribution in [0.5, 0.6) is 0 Å². The molecular formula is C19H20N4O2S.